The SMILES string of the molecule is CS(=O)(=O)c1cc(C(=O)Nc2ccc(NC(=O)NCc3ccco3)cc2)cc([N+](=O)[O-])c1. The Morgan fingerprint density at radius 3 is 2.25 bits per heavy atom. The number of anilines is 2. The molecule has 0 aliphatic heterocycles. The van der Waals surface area contributed by atoms with Crippen molar-refractivity contribution >= 4 is 38.8 Å². The number of furan rings is 1. The second-order valence-corrected chi connectivity index (χ2v) is 8.68. The number of benzene rings is 2. The van der Waals surface area contributed by atoms with Crippen LogP contribution < -0.4 is 16.0 Å². The fourth-order valence-corrected chi connectivity index (χ4v) is 3.31. The molecule has 0 aliphatic rings. The number of amides is 3. The molecule has 1 heterocycles. The highest BCUT2D eigenvalue weighted by Gasteiger charge is 2.19. The van der Waals surface area contributed by atoms with Crippen LogP contribution >= 0.6 is 0 Å². The lowest BCUT2D eigenvalue weighted by molar-refractivity contribution is -0.385. The molecule has 3 amide bonds. The first kappa shape index (κ1) is 22.5. The van der Waals surface area contributed by atoms with Gasteiger partial charge < -0.3 is 20.4 Å². The zero-order valence-electron chi connectivity index (χ0n) is 16.7. The molecule has 11 nitrogen and oxygen atoms in total. The second-order valence-electron chi connectivity index (χ2n) is 6.66. The van der Waals surface area contributed by atoms with Gasteiger partial charge in [0.05, 0.1) is 22.6 Å². The van der Waals surface area contributed by atoms with Crippen molar-refractivity contribution in [2.24, 2.45) is 0 Å². The van der Waals surface area contributed by atoms with Crippen molar-refractivity contribution in [3.63, 3.8) is 0 Å². The first-order valence-electron chi connectivity index (χ1n) is 9.10. The Morgan fingerprint density at radius 1 is 1.03 bits per heavy atom. The summed E-state index contributed by atoms with van der Waals surface area (Å²) in [5.74, 6) is -0.131. The van der Waals surface area contributed by atoms with E-state index in [0.717, 1.165) is 24.5 Å². The predicted octanol–water partition coefficient (Wildman–Crippen LogP) is 3.17. The molecule has 32 heavy (non-hydrogen) atoms. The van der Waals surface area contributed by atoms with E-state index in [1.165, 1.54) is 30.5 Å². The van der Waals surface area contributed by atoms with E-state index in [1.54, 1.807) is 12.1 Å². The maximum atomic E-state index is 12.5. The van der Waals surface area contributed by atoms with Crippen LogP contribution in [0.5, 0.6) is 0 Å². The second kappa shape index (κ2) is 9.31. The molecule has 0 radical (unpaired) electrons. The number of hydrogen-bond acceptors (Lipinski definition) is 7. The van der Waals surface area contributed by atoms with E-state index in [2.05, 4.69) is 16.0 Å². The van der Waals surface area contributed by atoms with Crippen molar-refractivity contribution in [3.05, 3.63) is 82.3 Å². The van der Waals surface area contributed by atoms with Gasteiger partial charge in [0.15, 0.2) is 9.84 Å². The molecular formula is C20H18N4O7S. The summed E-state index contributed by atoms with van der Waals surface area (Å²) < 4.78 is 28.7. The Bertz CT molecular complexity index is 1250. The lowest BCUT2D eigenvalue weighted by atomic mass is 10.2. The molecule has 1 aromatic heterocycles. The van der Waals surface area contributed by atoms with Crippen molar-refractivity contribution in [1.82, 2.24) is 5.32 Å². The van der Waals surface area contributed by atoms with Gasteiger partial charge in [0.1, 0.15) is 5.76 Å². The molecular weight excluding hydrogens is 440 g/mol. The largest absolute Gasteiger partial charge is 0.467 e. The van der Waals surface area contributed by atoms with Crippen molar-refractivity contribution in [2.45, 2.75) is 11.4 Å². The first-order chi connectivity index (χ1) is 15.1. The van der Waals surface area contributed by atoms with E-state index >= 15 is 0 Å². The topological polar surface area (TPSA) is 161 Å². The lowest BCUT2D eigenvalue weighted by Crippen LogP contribution is -2.27. The Morgan fingerprint density at radius 2 is 1.69 bits per heavy atom. The number of carbonyl (C=O) groups is 2. The maximum Gasteiger partial charge on any atom is 0.319 e. The highest BCUT2D eigenvalue weighted by molar-refractivity contribution is 7.90. The average Bonchev–Trinajstić information content (AvgIpc) is 3.26. The number of hydrogen-bond donors (Lipinski definition) is 3. The van der Waals surface area contributed by atoms with Gasteiger partial charge in [-0.05, 0) is 42.5 Å². The summed E-state index contributed by atoms with van der Waals surface area (Å²) in [4.78, 5) is 34.4. The van der Waals surface area contributed by atoms with Crippen LogP contribution in [-0.2, 0) is 16.4 Å². The fourth-order valence-electron chi connectivity index (χ4n) is 2.63. The maximum absolute atomic E-state index is 12.5. The van der Waals surface area contributed by atoms with Crippen molar-refractivity contribution in [2.75, 3.05) is 16.9 Å². The fraction of sp³-hybridized carbons (Fsp3) is 0.100. The number of non-ortho nitro benzene ring substituents is 1. The standard InChI is InChI=1S/C20H18N4O7S/c1-32(29,30)18-10-13(9-16(11-18)24(27)28)19(25)22-14-4-6-15(7-5-14)23-20(26)21-12-17-3-2-8-31-17/h2-11H,12H2,1H3,(H,22,25)(H2,21,23,26). The number of urea groups is 1. The number of sulfone groups is 1. The van der Waals surface area contributed by atoms with E-state index < -0.39 is 32.4 Å². The monoisotopic (exact) mass is 458 g/mol. The van der Waals surface area contributed by atoms with Crippen molar-refractivity contribution in [3.8, 4) is 0 Å². The summed E-state index contributed by atoms with van der Waals surface area (Å²) in [6, 6.07) is 12.0. The Hall–Kier alpha value is -4.19. The third-order valence-electron chi connectivity index (χ3n) is 4.20. The number of nitro benzene ring substituents is 1. The first-order valence-corrected chi connectivity index (χ1v) is 11.0. The van der Waals surface area contributed by atoms with Crippen LogP contribution in [-0.4, -0.2) is 31.5 Å². The van der Waals surface area contributed by atoms with Crippen molar-refractivity contribution in [1.29, 1.82) is 0 Å². The molecule has 0 saturated carbocycles. The van der Waals surface area contributed by atoms with Crippen molar-refractivity contribution < 1.29 is 27.3 Å². The number of rotatable bonds is 7. The van der Waals surface area contributed by atoms with Gasteiger partial charge in [-0.3, -0.25) is 14.9 Å². The number of nitrogens with zero attached hydrogens (tertiary/aromatic N) is 1. The van der Waals surface area contributed by atoms with Crippen LogP contribution in [0.2, 0.25) is 0 Å². The molecule has 0 saturated heterocycles. The normalized spacial score (nSPS) is 10.9. The molecule has 0 aliphatic carbocycles. The van der Waals surface area contributed by atoms with Crippen LogP contribution in [0.3, 0.4) is 0 Å². The zero-order valence-corrected chi connectivity index (χ0v) is 17.5. The van der Waals surface area contributed by atoms with Gasteiger partial charge in [0.2, 0.25) is 0 Å². The molecule has 3 N–H and O–H groups in total. The summed E-state index contributed by atoms with van der Waals surface area (Å²) in [6.45, 7) is 0.214. The van der Waals surface area contributed by atoms with E-state index in [4.69, 9.17) is 4.42 Å². The Kier molecular flexibility index (Phi) is 6.54. The highest BCUT2D eigenvalue weighted by atomic mass is 32.2. The summed E-state index contributed by atoms with van der Waals surface area (Å²) in [6.07, 6.45) is 2.39. The third kappa shape index (κ3) is 5.92. The van der Waals surface area contributed by atoms with Crippen LogP contribution in [0.25, 0.3) is 0 Å². The van der Waals surface area contributed by atoms with Gasteiger partial charge in [-0.2, -0.15) is 0 Å². The molecule has 12 heteroatoms. The molecule has 0 unspecified atom stereocenters. The summed E-state index contributed by atoms with van der Waals surface area (Å²) >= 11 is 0. The Balaban J connectivity index is 1.66. The smallest absolute Gasteiger partial charge is 0.319 e. The molecule has 3 rings (SSSR count). The molecule has 0 atom stereocenters. The Labute approximate surface area is 182 Å². The quantitative estimate of drug-likeness (QED) is 0.362. The number of carbonyl (C=O) groups excluding carboxylic acids is 2. The van der Waals surface area contributed by atoms with E-state index in [1.807, 2.05) is 0 Å². The zero-order chi connectivity index (χ0) is 23.3. The summed E-state index contributed by atoms with van der Waals surface area (Å²) in [5, 5.41) is 18.8. The van der Waals surface area contributed by atoms with Gasteiger partial charge in [-0.15, -0.1) is 0 Å². The molecule has 3 aromatic rings. The van der Waals surface area contributed by atoms with E-state index in [0.29, 0.717) is 17.1 Å². The minimum absolute atomic E-state index is 0.181. The van der Waals surface area contributed by atoms with E-state index in [-0.39, 0.29) is 17.0 Å². The predicted molar refractivity (Wildman–Crippen MR) is 115 cm³/mol. The van der Waals surface area contributed by atoms with Crippen LogP contribution in [0.1, 0.15) is 16.1 Å². The van der Waals surface area contributed by atoms with Gasteiger partial charge in [0, 0.05) is 35.3 Å². The van der Waals surface area contributed by atoms with Crippen LogP contribution in [0.4, 0.5) is 21.9 Å². The highest BCUT2D eigenvalue weighted by Crippen LogP contribution is 2.22. The molecule has 166 valence electrons. The summed E-state index contributed by atoms with van der Waals surface area (Å²) in [5.41, 5.74) is 0.0934. The summed E-state index contributed by atoms with van der Waals surface area (Å²) in [7, 11) is -3.76. The van der Waals surface area contributed by atoms with Gasteiger partial charge >= 0.3 is 6.03 Å². The third-order valence-corrected chi connectivity index (χ3v) is 5.29. The molecule has 0 spiro atoms. The van der Waals surface area contributed by atoms with E-state index in [9.17, 15) is 28.1 Å². The molecule has 0 fully saturated rings. The van der Waals surface area contributed by atoms with Gasteiger partial charge in [-0.1, -0.05) is 0 Å². The lowest BCUT2D eigenvalue weighted by Gasteiger charge is -2.09. The van der Waals surface area contributed by atoms with Gasteiger partial charge in [-0.25, -0.2) is 13.2 Å². The molecule has 0 bridgehead atoms. The van der Waals surface area contributed by atoms with Crippen LogP contribution in [0, 0.1) is 10.1 Å². The van der Waals surface area contributed by atoms with Gasteiger partial charge in [0.25, 0.3) is 11.6 Å². The molecule has 2 aromatic carbocycles. The van der Waals surface area contributed by atoms with Crippen LogP contribution in [0.15, 0.2) is 70.2 Å². The minimum atomic E-state index is -3.76. The minimum Gasteiger partial charge on any atom is -0.467 e. The average molecular weight is 458 g/mol. The number of nitrogens with one attached hydrogen (secondary N) is 3. The number of nitro groups is 1.